The van der Waals surface area contributed by atoms with Crippen molar-refractivity contribution in [2.24, 2.45) is 0 Å². The molecule has 2 heterocycles. The highest BCUT2D eigenvalue weighted by molar-refractivity contribution is 5.84. The molecule has 0 aliphatic heterocycles. The van der Waals surface area contributed by atoms with Crippen LogP contribution in [0.15, 0.2) is 63.9 Å². The van der Waals surface area contributed by atoms with Crippen molar-refractivity contribution in [3.63, 3.8) is 0 Å². The summed E-state index contributed by atoms with van der Waals surface area (Å²) in [6, 6.07) is 15.0. The standard InChI is InChI=1S/C25H26N2O4/c1-3-6-17-13-24(28)31-23-14-19(9-10-21(17)23)30-16(2)25(29)26-12-11-18-15-27-22-8-5-4-7-20(18)22/h4-5,7-10,13-16,27H,3,6,11-12H2,1-2H3,(H,26,29). The number of carbonyl (C=O) groups is 1. The van der Waals surface area contributed by atoms with Gasteiger partial charge in [0, 0.05) is 41.2 Å². The molecule has 0 saturated carbocycles. The van der Waals surface area contributed by atoms with Gasteiger partial charge in [-0.15, -0.1) is 0 Å². The summed E-state index contributed by atoms with van der Waals surface area (Å²) in [5.74, 6) is 0.296. The van der Waals surface area contributed by atoms with Crippen LogP contribution in [0, 0.1) is 0 Å². The van der Waals surface area contributed by atoms with Gasteiger partial charge in [0.25, 0.3) is 5.91 Å². The van der Waals surface area contributed by atoms with Crippen LogP contribution in [-0.4, -0.2) is 23.5 Å². The number of ether oxygens (including phenoxy) is 1. The van der Waals surface area contributed by atoms with E-state index < -0.39 is 6.10 Å². The van der Waals surface area contributed by atoms with Gasteiger partial charge in [-0.1, -0.05) is 31.5 Å². The summed E-state index contributed by atoms with van der Waals surface area (Å²) in [7, 11) is 0. The molecule has 0 bridgehead atoms. The number of benzene rings is 2. The Kier molecular flexibility index (Phi) is 6.07. The average molecular weight is 418 g/mol. The fourth-order valence-corrected chi connectivity index (χ4v) is 3.82. The fourth-order valence-electron chi connectivity index (χ4n) is 3.82. The van der Waals surface area contributed by atoms with E-state index in [1.54, 1.807) is 19.1 Å². The number of para-hydroxylation sites is 1. The number of carbonyl (C=O) groups excluding carboxylic acids is 1. The number of aryl methyl sites for hydroxylation is 1. The number of nitrogens with one attached hydrogen (secondary N) is 2. The second-order valence-corrected chi connectivity index (χ2v) is 7.66. The summed E-state index contributed by atoms with van der Waals surface area (Å²) in [5, 5.41) is 4.99. The minimum atomic E-state index is -0.675. The maximum absolute atomic E-state index is 12.5. The lowest BCUT2D eigenvalue weighted by Gasteiger charge is -2.15. The van der Waals surface area contributed by atoms with Gasteiger partial charge in [0.05, 0.1) is 0 Å². The average Bonchev–Trinajstić information content (AvgIpc) is 3.16. The maximum atomic E-state index is 12.5. The Hall–Kier alpha value is -3.54. The van der Waals surface area contributed by atoms with Gasteiger partial charge in [-0.2, -0.15) is 0 Å². The lowest BCUT2D eigenvalue weighted by molar-refractivity contribution is -0.127. The highest BCUT2D eigenvalue weighted by Gasteiger charge is 2.15. The van der Waals surface area contributed by atoms with Crippen molar-refractivity contribution in [2.75, 3.05) is 6.54 Å². The van der Waals surface area contributed by atoms with Gasteiger partial charge in [0.15, 0.2) is 6.10 Å². The Morgan fingerprint density at radius 1 is 1.10 bits per heavy atom. The molecule has 0 aliphatic carbocycles. The van der Waals surface area contributed by atoms with Crippen molar-refractivity contribution in [1.29, 1.82) is 0 Å². The number of aromatic nitrogens is 1. The first-order valence-corrected chi connectivity index (χ1v) is 10.6. The molecule has 2 aromatic heterocycles. The van der Waals surface area contributed by atoms with Gasteiger partial charge in [-0.3, -0.25) is 4.79 Å². The molecule has 4 aromatic rings. The van der Waals surface area contributed by atoms with Gasteiger partial charge < -0.3 is 19.5 Å². The van der Waals surface area contributed by atoms with Crippen molar-refractivity contribution < 1.29 is 13.9 Å². The topological polar surface area (TPSA) is 84.3 Å². The largest absolute Gasteiger partial charge is 0.481 e. The number of amides is 1. The van der Waals surface area contributed by atoms with E-state index in [0.29, 0.717) is 17.9 Å². The van der Waals surface area contributed by atoms with E-state index in [1.165, 1.54) is 11.5 Å². The highest BCUT2D eigenvalue weighted by Crippen LogP contribution is 2.24. The monoisotopic (exact) mass is 418 g/mol. The van der Waals surface area contributed by atoms with Crippen molar-refractivity contribution in [3.05, 3.63) is 76.3 Å². The third kappa shape index (κ3) is 4.63. The first-order chi connectivity index (χ1) is 15.0. The predicted molar refractivity (Wildman–Crippen MR) is 122 cm³/mol. The molecule has 4 rings (SSSR count). The zero-order chi connectivity index (χ0) is 21.8. The van der Waals surface area contributed by atoms with Crippen molar-refractivity contribution in [3.8, 4) is 5.75 Å². The Morgan fingerprint density at radius 2 is 1.94 bits per heavy atom. The highest BCUT2D eigenvalue weighted by atomic mass is 16.5. The third-order valence-electron chi connectivity index (χ3n) is 5.37. The van der Waals surface area contributed by atoms with Gasteiger partial charge >= 0.3 is 5.63 Å². The van der Waals surface area contributed by atoms with Crippen molar-refractivity contribution in [2.45, 2.75) is 39.2 Å². The van der Waals surface area contributed by atoms with E-state index in [2.05, 4.69) is 23.3 Å². The van der Waals surface area contributed by atoms with Crippen LogP contribution in [0.5, 0.6) is 5.75 Å². The molecule has 160 valence electrons. The van der Waals surface area contributed by atoms with Crippen molar-refractivity contribution in [1.82, 2.24) is 10.3 Å². The fraction of sp³-hybridized carbons (Fsp3) is 0.280. The summed E-state index contributed by atoms with van der Waals surface area (Å²) < 4.78 is 11.1. The van der Waals surface area contributed by atoms with E-state index >= 15 is 0 Å². The molecule has 0 radical (unpaired) electrons. The lowest BCUT2D eigenvalue weighted by atomic mass is 10.1. The molecule has 6 heteroatoms. The third-order valence-corrected chi connectivity index (χ3v) is 5.37. The molecule has 0 saturated heterocycles. The van der Waals surface area contributed by atoms with Crippen LogP contribution in [0.1, 0.15) is 31.4 Å². The minimum absolute atomic E-state index is 0.193. The van der Waals surface area contributed by atoms with Crippen LogP contribution in [-0.2, 0) is 17.6 Å². The zero-order valence-electron chi connectivity index (χ0n) is 17.7. The van der Waals surface area contributed by atoms with Gasteiger partial charge in [0.1, 0.15) is 11.3 Å². The minimum Gasteiger partial charge on any atom is -0.481 e. The molecule has 1 amide bonds. The van der Waals surface area contributed by atoms with E-state index in [-0.39, 0.29) is 11.5 Å². The van der Waals surface area contributed by atoms with Crippen LogP contribution in [0.25, 0.3) is 21.9 Å². The molecule has 0 spiro atoms. The second-order valence-electron chi connectivity index (χ2n) is 7.66. The molecule has 1 unspecified atom stereocenters. The number of fused-ring (bicyclic) bond motifs is 2. The Balaban J connectivity index is 1.38. The molecule has 2 aromatic carbocycles. The van der Waals surface area contributed by atoms with Crippen LogP contribution < -0.4 is 15.7 Å². The molecular formula is C25H26N2O4. The zero-order valence-corrected chi connectivity index (χ0v) is 17.7. The number of hydrogen-bond donors (Lipinski definition) is 2. The SMILES string of the molecule is CCCc1cc(=O)oc2cc(OC(C)C(=O)NCCc3c[nH]c4ccccc34)ccc12. The molecule has 31 heavy (non-hydrogen) atoms. The van der Waals surface area contributed by atoms with Crippen molar-refractivity contribution >= 4 is 27.8 Å². The van der Waals surface area contributed by atoms with Crippen LogP contribution >= 0.6 is 0 Å². The number of hydrogen-bond acceptors (Lipinski definition) is 4. The Bertz CT molecular complexity index is 1270. The maximum Gasteiger partial charge on any atom is 0.336 e. The van der Waals surface area contributed by atoms with Crippen LogP contribution in [0.2, 0.25) is 0 Å². The number of rotatable bonds is 8. The Morgan fingerprint density at radius 3 is 2.77 bits per heavy atom. The number of H-pyrrole nitrogens is 1. The van der Waals surface area contributed by atoms with E-state index in [1.807, 2.05) is 30.5 Å². The second kappa shape index (κ2) is 9.08. The first-order valence-electron chi connectivity index (χ1n) is 10.6. The summed E-state index contributed by atoms with van der Waals surface area (Å²) in [6.07, 6.45) is 3.77. The molecule has 1 atom stereocenters. The first kappa shape index (κ1) is 20.7. The van der Waals surface area contributed by atoms with E-state index in [4.69, 9.17) is 9.15 Å². The summed E-state index contributed by atoms with van der Waals surface area (Å²) >= 11 is 0. The lowest BCUT2D eigenvalue weighted by Crippen LogP contribution is -2.37. The molecule has 0 aliphatic rings. The Labute approximate surface area is 180 Å². The molecular weight excluding hydrogens is 392 g/mol. The van der Waals surface area contributed by atoms with E-state index in [0.717, 1.165) is 41.3 Å². The molecule has 6 nitrogen and oxygen atoms in total. The van der Waals surface area contributed by atoms with Crippen LogP contribution in [0.4, 0.5) is 0 Å². The predicted octanol–water partition coefficient (Wildman–Crippen LogP) is 4.35. The summed E-state index contributed by atoms with van der Waals surface area (Å²) in [6.45, 7) is 4.28. The quantitative estimate of drug-likeness (QED) is 0.417. The van der Waals surface area contributed by atoms with Gasteiger partial charge in [-0.25, -0.2) is 4.79 Å². The smallest absolute Gasteiger partial charge is 0.336 e. The number of aromatic amines is 1. The van der Waals surface area contributed by atoms with Gasteiger partial charge in [0.2, 0.25) is 0 Å². The van der Waals surface area contributed by atoms with E-state index in [9.17, 15) is 9.59 Å². The summed E-state index contributed by atoms with van der Waals surface area (Å²) in [5.41, 5.74) is 3.31. The normalized spacial score (nSPS) is 12.2. The molecule has 0 fully saturated rings. The van der Waals surface area contributed by atoms with Crippen LogP contribution in [0.3, 0.4) is 0 Å². The summed E-state index contributed by atoms with van der Waals surface area (Å²) in [4.78, 5) is 27.6. The molecule has 2 N–H and O–H groups in total. The van der Waals surface area contributed by atoms with Gasteiger partial charge in [-0.05, 0) is 49.1 Å².